The highest BCUT2D eigenvalue weighted by molar-refractivity contribution is 7.92. The molecule has 0 unspecified atom stereocenters. The summed E-state index contributed by atoms with van der Waals surface area (Å²) in [6.45, 7) is 1.82. The van der Waals surface area contributed by atoms with Gasteiger partial charge >= 0.3 is 11.9 Å². The van der Waals surface area contributed by atoms with Crippen molar-refractivity contribution in [3.05, 3.63) is 0 Å². The summed E-state index contributed by atoms with van der Waals surface area (Å²) in [5.74, 6) is -2.80. The molecular formula is C7H11NO6S. The zero-order chi connectivity index (χ0) is 11.7. The first kappa shape index (κ1) is 11.9. The van der Waals surface area contributed by atoms with Gasteiger partial charge in [-0.15, -0.1) is 0 Å². The molecule has 0 aromatic heterocycles. The van der Waals surface area contributed by atoms with Crippen molar-refractivity contribution in [3.63, 3.8) is 0 Å². The minimum atomic E-state index is -2.59. The average molecular weight is 237 g/mol. The fourth-order valence-electron chi connectivity index (χ4n) is 1.57. The summed E-state index contributed by atoms with van der Waals surface area (Å²) in [7, 11) is -2.59. The maximum Gasteiger partial charge on any atom is 0.414 e. The number of aliphatic carboxylic acids is 2. The Kier molecular flexibility index (Phi) is 3.00. The number of nitrogens with one attached hydrogen (secondary N) is 1. The van der Waals surface area contributed by atoms with Gasteiger partial charge in [-0.2, -0.15) is 0 Å². The molecule has 0 aliphatic carbocycles. The predicted octanol–water partition coefficient (Wildman–Crippen LogP) is -1.84. The van der Waals surface area contributed by atoms with E-state index in [0.29, 0.717) is 11.5 Å². The normalized spacial score (nSPS) is 24.0. The molecule has 0 aromatic rings. The van der Waals surface area contributed by atoms with Crippen LogP contribution in [0.1, 0.15) is 0 Å². The van der Waals surface area contributed by atoms with E-state index in [1.54, 1.807) is 0 Å². The van der Waals surface area contributed by atoms with Crippen molar-refractivity contribution < 1.29 is 28.2 Å². The van der Waals surface area contributed by atoms with Crippen molar-refractivity contribution in [2.75, 3.05) is 24.6 Å². The summed E-state index contributed by atoms with van der Waals surface area (Å²) in [4.78, 5) is 18.2. The van der Waals surface area contributed by atoms with Crippen LogP contribution < -0.4 is 5.32 Å². The Morgan fingerprint density at radius 3 is 1.53 bits per heavy atom. The Bertz CT molecular complexity index is 356. The van der Waals surface area contributed by atoms with E-state index < -0.39 is 21.8 Å². The number of sulfone groups is 1. The van der Waals surface area contributed by atoms with Crippen LogP contribution in [-0.4, -0.2) is 55.2 Å². The van der Waals surface area contributed by atoms with Gasteiger partial charge in [0.25, 0.3) is 0 Å². The summed E-state index contributed by atoms with van der Waals surface area (Å²) < 4.78 is 21.3. The van der Waals surface area contributed by atoms with Gasteiger partial charge in [0.05, 0.1) is 11.5 Å². The molecule has 2 aliphatic rings. The third-order valence-corrected chi connectivity index (χ3v) is 4.34. The van der Waals surface area contributed by atoms with Crippen LogP contribution >= 0.6 is 0 Å². The second kappa shape index (κ2) is 3.78. The summed E-state index contributed by atoms with van der Waals surface area (Å²) in [6.07, 6.45) is 0. The van der Waals surface area contributed by atoms with Gasteiger partial charge in [0.15, 0.2) is 9.84 Å². The van der Waals surface area contributed by atoms with E-state index in [1.807, 2.05) is 0 Å². The highest BCUT2D eigenvalue weighted by atomic mass is 32.2. The van der Waals surface area contributed by atoms with Crippen LogP contribution in [0.3, 0.4) is 0 Å². The number of carboxylic acid groups (broad SMARTS) is 2. The zero-order valence-electron chi connectivity index (χ0n) is 7.76. The van der Waals surface area contributed by atoms with E-state index in [1.165, 1.54) is 0 Å². The van der Waals surface area contributed by atoms with E-state index in [0.717, 1.165) is 13.1 Å². The van der Waals surface area contributed by atoms with Crippen molar-refractivity contribution in [3.8, 4) is 0 Å². The number of hydrogen-bond acceptors (Lipinski definition) is 5. The summed E-state index contributed by atoms with van der Waals surface area (Å²) in [5.41, 5.74) is 0.179. The quantitative estimate of drug-likeness (QED) is 0.423. The molecule has 0 amide bonds. The predicted molar refractivity (Wildman–Crippen MR) is 49.2 cm³/mol. The molecular weight excluding hydrogens is 226 g/mol. The number of carbonyl (C=O) groups is 2. The molecule has 2 fully saturated rings. The Labute approximate surface area is 86.0 Å². The number of rotatable bonds is 0. The lowest BCUT2D eigenvalue weighted by atomic mass is 9.85. The first-order valence-corrected chi connectivity index (χ1v) is 5.96. The summed E-state index contributed by atoms with van der Waals surface area (Å²) in [5, 5.41) is 17.9. The lowest BCUT2D eigenvalue weighted by Gasteiger charge is -2.48. The van der Waals surface area contributed by atoms with Crippen LogP contribution in [-0.2, 0) is 19.4 Å². The van der Waals surface area contributed by atoms with Gasteiger partial charge in [-0.05, 0) is 0 Å². The van der Waals surface area contributed by atoms with Crippen molar-refractivity contribution in [1.29, 1.82) is 0 Å². The molecule has 0 saturated carbocycles. The van der Waals surface area contributed by atoms with Crippen LogP contribution in [0, 0.1) is 5.41 Å². The van der Waals surface area contributed by atoms with Gasteiger partial charge in [-0.1, -0.05) is 0 Å². The lowest BCUT2D eigenvalue weighted by molar-refractivity contribution is -0.159. The maximum absolute atomic E-state index is 10.7. The van der Waals surface area contributed by atoms with Gasteiger partial charge in [0.1, 0.15) is 0 Å². The van der Waals surface area contributed by atoms with Gasteiger partial charge in [0.2, 0.25) is 0 Å². The Hall–Kier alpha value is -1.15. The van der Waals surface area contributed by atoms with Crippen molar-refractivity contribution in [1.82, 2.24) is 5.32 Å². The first-order valence-electron chi connectivity index (χ1n) is 4.14. The fourth-order valence-corrected chi connectivity index (χ4v) is 3.76. The minimum absolute atomic E-state index is 0.179. The minimum Gasteiger partial charge on any atom is -0.473 e. The topological polar surface area (TPSA) is 121 Å². The van der Waals surface area contributed by atoms with Gasteiger partial charge in [-0.25, -0.2) is 18.0 Å². The molecule has 8 heteroatoms. The van der Waals surface area contributed by atoms with Crippen LogP contribution in [0.15, 0.2) is 0 Å². The lowest BCUT2D eigenvalue weighted by Crippen LogP contribution is -2.66. The highest BCUT2D eigenvalue weighted by Gasteiger charge is 2.52. The summed E-state index contributed by atoms with van der Waals surface area (Å²) >= 11 is 0. The van der Waals surface area contributed by atoms with Crippen molar-refractivity contribution in [2.45, 2.75) is 0 Å². The van der Waals surface area contributed by atoms with E-state index in [2.05, 4.69) is 5.32 Å². The monoisotopic (exact) mass is 237 g/mol. The molecule has 0 bridgehead atoms. The zero-order valence-corrected chi connectivity index (χ0v) is 8.58. The molecule has 7 nitrogen and oxygen atoms in total. The molecule has 0 radical (unpaired) electrons. The molecule has 86 valence electrons. The average Bonchev–Trinajstić information content (AvgIpc) is 1.97. The van der Waals surface area contributed by atoms with E-state index in [4.69, 9.17) is 19.8 Å². The maximum atomic E-state index is 10.7. The van der Waals surface area contributed by atoms with E-state index >= 15 is 0 Å². The molecule has 2 aliphatic heterocycles. The van der Waals surface area contributed by atoms with Crippen LogP contribution in [0.2, 0.25) is 0 Å². The molecule has 3 N–H and O–H groups in total. The second-order valence-corrected chi connectivity index (χ2v) is 5.81. The molecule has 2 heterocycles. The number of hydrogen-bond donors (Lipinski definition) is 3. The molecule has 1 spiro atoms. The van der Waals surface area contributed by atoms with Crippen molar-refractivity contribution in [2.24, 2.45) is 5.41 Å². The first-order chi connectivity index (χ1) is 6.76. The molecule has 0 atom stereocenters. The Balaban J connectivity index is 0.000000167. The second-order valence-electron chi connectivity index (χ2n) is 3.75. The van der Waals surface area contributed by atoms with E-state index in [9.17, 15) is 8.42 Å². The van der Waals surface area contributed by atoms with Crippen molar-refractivity contribution >= 4 is 21.8 Å². The molecule has 15 heavy (non-hydrogen) atoms. The van der Waals surface area contributed by atoms with E-state index in [-0.39, 0.29) is 5.41 Å². The van der Waals surface area contributed by atoms with Gasteiger partial charge in [-0.3, -0.25) is 0 Å². The summed E-state index contributed by atoms with van der Waals surface area (Å²) in [6, 6.07) is 0. The fraction of sp³-hybridized carbons (Fsp3) is 0.714. The number of carboxylic acids is 2. The Morgan fingerprint density at radius 1 is 1.07 bits per heavy atom. The Morgan fingerprint density at radius 2 is 1.47 bits per heavy atom. The largest absolute Gasteiger partial charge is 0.473 e. The standard InChI is InChI=1S/C5H9NO2S.C2H2O4/c7-9(8)3-5(4-9)1-6-2-5;3-1(4)2(5)6/h6H,1-4H2;(H,3,4)(H,5,6). The van der Waals surface area contributed by atoms with Gasteiger partial charge in [0, 0.05) is 18.5 Å². The van der Waals surface area contributed by atoms with Crippen LogP contribution in [0.4, 0.5) is 0 Å². The molecule has 2 saturated heterocycles. The van der Waals surface area contributed by atoms with Gasteiger partial charge < -0.3 is 15.5 Å². The third kappa shape index (κ3) is 2.90. The smallest absolute Gasteiger partial charge is 0.414 e. The molecule has 2 rings (SSSR count). The van der Waals surface area contributed by atoms with Crippen LogP contribution in [0.25, 0.3) is 0 Å². The third-order valence-electron chi connectivity index (χ3n) is 2.24. The SMILES string of the molecule is O=C(O)C(=O)O.O=S1(=O)CC2(CNC2)C1. The molecule has 0 aromatic carbocycles. The highest BCUT2D eigenvalue weighted by Crippen LogP contribution is 2.35. The van der Waals surface area contributed by atoms with Crippen LogP contribution in [0.5, 0.6) is 0 Å².